The van der Waals surface area contributed by atoms with E-state index in [1.54, 1.807) is 11.8 Å². The second kappa shape index (κ2) is 7.68. The van der Waals surface area contributed by atoms with E-state index >= 15 is 0 Å². The molecule has 2 aromatic rings. The molecule has 0 aliphatic carbocycles. The Kier molecular flexibility index (Phi) is 5.09. The van der Waals surface area contributed by atoms with E-state index in [-0.39, 0.29) is 11.4 Å². The summed E-state index contributed by atoms with van der Waals surface area (Å²) in [5.74, 6) is -1.29. The molecule has 1 fully saturated rings. The van der Waals surface area contributed by atoms with Crippen molar-refractivity contribution in [2.24, 2.45) is 5.92 Å². The van der Waals surface area contributed by atoms with Gasteiger partial charge >= 0.3 is 0 Å². The minimum Gasteiger partial charge on any atom is -0.342 e. The molecule has 144 valence electrons. The molecule has 0 unspecified atom stereocenters. The molecule has 0 radical (unpaired) electrons. The van der Waals surface area contributed by atoms with E-state index in [0.29, 0.717) is 11.5 Å². The smallest absolute Gasteiger partial charge is 0.258 e. The van der Waals surface area contributed by atoms with E-state index in [0.717, 1.165) is 36.4 Å². The van der Waals surface area contributed by atoms with Crippen molar-refractivity contribution < 1.29 is 4.79 Å². The molecule has 1 aromatic heterocycles. The predicted octanol–water partition coefficient (Wildman–Crippen LogP) is 2.71. The number of rotatable bonds is 3. The van der Waals surface area contributed by atoms with E-state index in [9.17, 15) is 14.9 Å². The molecular weight excluding hydrogens is 374 g/mol. The average Bonchev–Trinajstić information content (AvgIpc) is 2.73. The Balaban J connectivity index is 1.81. The van der Waals surface area contributed by atoms with Crippen LogP contribution < -0.4 is 15.8 Å². The fourth-order valence-corrected chi connectivity index (χ4v) is 4.33. The molecule has 4 rings (SSSR count). The maximum atomic E-state index is 13.0. The summed E-state index contributed by atoms with van der Waals surface area (Å²) in [5, 5.41) is 12.3. The van der Waals surface area contributed by atoms with Crippen LogP contribution in [-0.4, -0.2) is 35.2 Å². The first-order chi connectivity index (χ1) is 13.6. The van der Waals surface area contributed by atoms with Crippen molar-refractivity contribution in [3.05, 3.63) is 45.7 Å². The van der Waals surface area contributed by atoms with Crippen molar-refractivity contribution in [3.8, 4) is 6.07 Å². The minimum atomic E-state index is -0.976. The zero-order valence-electron chi connectivity index (χ0n) is 15.6. The number of nitriles is 1. The van der Waals surface area contributed by atoms with E-state index in [1.807, 2.05) is 35.4 Å². The molecule has 1 amide bonds. The van der Waals surface area contributed by atoms with Gasteiger partial charge in [0.05, 0.1) is 11.6 Å². The Labute approximate surface area is 167 Å². The Hall–Kier alpha value is -2.79. The van der Waals surface area contributed by atoms with Gasteiger partial charge in [-0.2, -0.15) is 10.2 Å². The summed E-state index contributed by atoms with van der Waals surface area (Å²) in [6, 6.07) is 9.69. The molecule has 28 heavy (non-hydrogen) atoms. The van der Waals surface area contributed by atoms with Crippen molar-refractivity contribution in [1.29, 1.82) is 5.26 Å². The van der Waals surface area contributed by atoms with Gasteiger partial charge in [0.15, 0.2) is 0 Å². The highest BCUT2D eigenvalue weighted by Crippen LogP contribution is 2.38. The number of H-pyrrole nitrogens is 1. The molecule has 2 aliphatic rings. The molecule has 0 saturated carbocycles. The second-order valence-electron chi connectivity index (χ2n) is 7.05. The van der Waals surface area contributed by atoms with Crippen LogP contribution in [0.15, 0.2) is 34.0 Å². The predicted molar refractivity (Wildman–Crippen MR) is 109 cm³/mol. The van der Waals surface area contributed by atoms with Crippen molar-refractivity contribution in [3.63, 3.8) is 0 Å². The zero-order valence-corrected chi connectivity index (χ0v) is 16.4. The number of aromatic amines is 1. The van der Waals surface area contributed by atoms with Gasteiger partial charge in [0.1, 0.15) is 11.7 Å². The molecule has 0 bridgehead atoms. The molecule has 2 N–H and O–H groups in total. The van der Waals surface area contributed by atoms with Gasteiger partial charge < -0.3 is 10.2 Å². The first-order valence-corrected chi connectivity index (χ1v) is 10.6. The van der Waals surface area contributed by atoms with Gasteiger partial charge in [-0.3, -0.25) is 14.6 Å². The molecule has 7 nitrogen and oxygen atoms in total. The highest BCUT2D eigenvalue weighted by Gasteiger charge is 2.40. The number of piperidine rings is 1. The second-order valence-corrected chi connectivity index (χ2v) is 7.93. The fraction of sp³-hybridized carbons (Fsp3) is 0.400. The molecular formula is C20H21N5O2S. The number of hydrogen-bond acceptors (Lipinski definition) is 6. The average molecular weight is 395 g/mol. The molecule has 3 heterocycles. The highest BCUT2D eigenvalue weighted by atomic mass is 32.2. The van der Waals surface area contributed by atoms with E-state index in [2.05, 4.69) is 21.4 Å². The third-order valence-corrected chi connectivity index (χ3v) is 6.12. The van der Waals surface area contributed by atoms with Gasteiger partial charge in [-0.1, -0.05) is 12.1 Å². The zero-order chi connectivity index (χ0) is 19.7. The number of aromatic nitrogens is 2. The monoisotopic (exact) mass is 395 g/mol. The van der Waals surface area contributed by atoms with Crippen LogP contribution in [0.1, 0.15) is 36.3 Å². The number of amides is 1. The van der Waals surface area contributed by atoms with Crippen LogP contribution in [0.25, 0.3) is 0 Å². The first-order valence-electron chi connectivity index (χ1n) is 9.36. The topological polar surface area (TPSA) is 102 Å². The summed E-state index contributed by atoms with van der Waals surface area (Å²) >= 11 is 1.61. The number of thioether (sulfide) groups is 1. The Bertz CT molecular complexity index is 989. The molecule has 0 spiro atoms. The maximum absolute atomic E-state index is 13.0. The van der Waals surface area contributed by atoms with Crippen molar-refractivity contribution in [2.45, 2.75) is 30.1 Å². The van der Waals surface area contributed by atoms with Gasteiger partial charge in [-0.15, -0.1) is 11.8 Å². The Morgan fingerprint density at radius 2 is 1.89 bits per heavy atom. The van der Waals surface area contributed by atoms with Crippen LogP contribution >= 0.6 is 11.8 Å². The number of benzene rings is 1. The van der Waals surface area contributed by atoms with Crippen LogP contribution in [0.2, 0.25) is 0 Å². The summed E-state index contributed by atoms with van der Waals surface area (Å²) in [6.45, 7) is 1.66. The third-order valence-electron chi connectivity index (χ3n) is 5.38. The SMILES string of the molecule is CSc1ccc([C@H]2c3c(nc(N4CCCCC4)[nH]c3=O)NC(=O)[C@H]2C#N)cc1. The van der Waals surface area contributed by atoms with E-state index < -0.39 is 17.7 Å². The van der Waals surface area contributed by atoms with E-state index in [4.69, 9.17) is 0 Å². The van der Waals surface area contributed by atoms with Gasteiger partial charge in [-0.25, -0.2) is 0 Å². The minimum absolute atomic E-state index is 0.264. The molecule has 8 heteroatoms. The quantitative estimate of drug-likeness (QED) is 0.775. The number of hydrogen-bond donors (Lipinski definition) is 2. The number of fused-ring (bicyclic) bond motifs is 1. The van der Waals surface area contributed by atoms with Gasteiger partial charge in [0.25, 0.3) is 5.56 Å². The number of carbonyl (C=O) groups is 1. The Morgan fingerprint density at radius 1 is 1.18 bits per heavy atom. The normalized spacial score (nSPS) is 21.6. The molecule has 2 aliphatic heterocycles. The van der Waals surface area contributed by atoms with Crippen LogP contribution in [-0.2, 0) is 4.79 Å². The summed E-state index contributed by atoms with van der Waals surface area (Å²) in [5.41, 5.74) is 0.812. The summed E-state index contributed by atoms with van der Waals surface area (Å²) in [6.07, 6.45) is 5.25. The van der Waals surface area contributed by atoms with Gasteiger partial charge in [-0.05, 0) is 43.2 Å². The number of anilines is 2. The highest BCUT2D eigenvalue weighted by molar-refractivity contribution is 7.98. The summed E-state index contributed by atoms with van der Waals surface area (Å²) < 4.78 is 0. The number of nitrogens with one attached hydrogen (secondary N) is 2. The fourth-order valence-electron chi connectivity index (χ4n) is 3.93. The van der Waals surface area contributed by atoms with Crippen LogP contribution in [0.4, 0.5) is 11.8 Å². The number of nitrogens with zero attached hydrogens (tertiary/aromatic N) is 3. The van der Waals surface area contributed by atoms with Crippen molar-refractivity contribution in [1.82, 2.24) is 9.97 Å². The van der Waals surface area contributed by atoms with Crippen molar-refractivity contribution in [2.75, 3.05) is 29.6 Å². The van der Waals surface area contributed by atoms with Crippen LogP contribution in [0.3, 0.4) is 0 Å². The maximum Gasteiger partial charge on any atom is 0.258 e. The third kappa shape index (κ3) is 3.27. The molecule has 2 atom stereocenters. The van der Waals surface area contributed by atoms with Crippen LogP contribution in [0.5, 0.6) is 0 Å². The lowest BCUT2D eigenvalue weighted by atomic mass is 9.79. The lowest BCUT2D eigenvalue weighted by Gasteiger charge is -2.31. The first kappa shape index (κ1) is 18.6. The number of carbonyl (C=O) groups excluding carboxylic acids is 1. The molecule has 1 aromatic carbocycles. The standard InChI is InChI=1S/C20H21N5O2S/c1-28-13-7-5-12(6-8-13)15-14(11-21)18(26)22-17-16(15)19(27)24-20(23-17)25-9-3-2-4-10-25/h5-8,14-15H,2-4,9-10H2,1H3,(H2,22,23,24,26,27)/t14-,15+/m0/s1. The Morgan fingerprint density at radius 3 is 2.54 bits per heavy atom. The molecule has 1 saturated heterocycles. The van der Waals surface area contributed by atoms with Crippen LogP contribution in [0, 0.1) is 17.2 Å². The van der Waals surface area contributed by atoms with Gasteiger partial charge in [0.2, 0.25) is 11.9 Å². The largest absolute Gasteiger partial charge is 0.342 e. The van der Waals surface area contributed by atoms with Gasteiger partial charge in [0, 0.05) is 23.9 Å². The lowest BCUT2D eigenvalue weighted by molar-refractivity contribution is -0.119. The summed E-state index contributed by atoms with van der Waals surface area (Å²) in [4.78, 5) is 36.2. The van der Waals surface area contributed by atoms with Crippen molar-refractivity contribution >= 4 is 29.4 Å². The van der Waals surface area contributed by atoms with E-state index in [1.165, 1.54) is 6.42 Å². The lowest BCUT2D eigenvalue weighted by Crippen LogP contribution is -2.40. The summed E-state index contributed by atoms with van der Waals surface area (Å²) in [7, 11) is 0.